The zero-order valence-corrected chi connectivity index (χ0v) is 14.7. The van der Waals surface area contributed by atoms with Crippen LogP contribution in [0.5, 0.6) is 0 Å². The quantitative estimate of drug-likeness (QED) is 0.450. The Bertz CT molecular complexity index is 241. The second-order valence-electron chi connectivity index (χ2n) is 6.34. The highest BCUT2D eigenvalue weighted by Gasteiger charge is 2.16. The highest BCUT2D eigenvalue weighted by Crippen LogP contribution is 2.26. The molecule has 0 aromatic heterocycles. The van der Waals surface area contributed by atoms with E-state index in [1.165, 1.54) is 44.3 Å². The van der Waals surface area contributed by atoms with Gasteiger partial charge in [-0.2, -0.15) is 11.8 Å². The van der Waals surface area contributed by atoms with E-state index >= 15 is 0 Å². The molecular weight excluding hydrogens is 268 g/mol. The number of rotatable bonds is 13. The van der Waals surface area contributed by atoms with E-state index in [1.807, 2.05) is 6.92 Å². The fourth-order valence-corrected chi connectivity index (χ4v) is 3.48. The molecule has 0 saturated heterocycles. The highest BCUT2D eigenvalue weighted by molar-refractivity contribution is 7.99. The van der Waals surface area contributed by atoms with Crippen LogP contribution >= 0.6 is 11.8 Å². The standard InChI is InChI=1S/C17H34O2S/c1-5-6-7-8-13-20-16(11-9-14(2)3)12-10-15(4)17(18)19/h14-16H,5-13H2,1-4H3,(H,18,19). The lowest BCUT2D eigenvalue weighted by Gasteiger charge is -2.19. The van der Waals surface area contributed by atoms with Gasteiger partial charge in [0, 0.05) is 5.25 Å². The summed E-state index contributed by atoms with van der Waals surface area (Å²) in [7, 11) is 0. The van der Waals surface area contributed by atoms with Gasteiger partial charge >= 0.3 is 5.97 Å². The van der Waals surface area contributed by atoms with Crippen molar-refractivity contribution in [3.8, 4) is 0 Å². The summed E-state index contributed by atoms with van der Waals surface area (Å²) in [5.41, 5.74) is 0. The molecule has 2 atom stereocenters. The fraction of sp³-hybridized carbons (Fsp3) is 0.941. The number of hydrogen-bond donors (Lipinski definition) is 1. The maximum Gasteiger partial charge on any atom is 0.306 e. The zero-order chi connectivity index (χ0) is 15.4. The Morgan fingerprint density at radius 1 is 1.00 bits per heavy atom. The van der Waals surface area contributed by atoms with Crippen molar-refractivity contribution in [1.29, 1.82) is 0 Å². The van der Waals surface area contributed by atoms with Gasteiger partial charge in [-0.25, -0.2) is 0 Å². The maximum atomic E-state index is 10.9. The Kier molecular flexibility index (Phi) is 12.4. The number of hydrogen-bond acceptors (Lipinski definition) is 2. The predicted molar refractivity (Wildman–Crippen MR) is 90.5 cm³/mol. The molecule has 0 aliphatic carbocycles. The normalized spacial score (nSPS) is 14.4. The molecule has 0 heterocycles. The lowest BCUT2D eigenvalue weighted by atomic mass is 10.00. The van der Waals surface area contributed by atoms with Crippen LogP contribution in [0.3, 0.4) is 0 Å². The van der Waals surface area contributed by atoms with E-state index in [2.05, 4.69) is 32.5 Å². The van der Waals surface area contributed by atoms with Crippen molar-refractivity contribution in [3.05, 3.63) is 0 Å². The molecule has 3 heteroatoms. The molecule has 2 unspecified atom stereocenters. The van der Waals surface area contributed by atoms with Gasteiger partial charge in [-0.15, -0.1) is 0 Å². The first kappa shape index (κ1) is 19.8. The van der Waals surface area contributed by atoms with Gasteiger partial charge in [0.05, 0.1) is 5.92 Å². The minimum Gasteiger partial charge on any atom is -0.481 e. The van der Waals surface area contributed by atoms with Gasteiger partial charge in [0.2, 0.25) is 0 Å². The number of unbranched alkanes of at least 4 members (excludes halogenated alkanes) is 3. The molecule has 2 nitrogen and oxygen atoms in total. The molecule has 0 aliphatic rings. The molecule has 0 aromatic carbocycles. The van der Waals surface area contributed by atoms with E-state index in [-0.39, 0.29) is 5.92 Å². The van der Waals surface area contributed by atoms with Crippen LogP contribution in [0.15, 0.2) is 0 Å². The Morgan fingerprint density at radius 3 is 2.20 bits per heavy atom. The number of carbonyl (C=O) groups is 1. The first-order valence-electron chi connectivity index (χ1n) is 8.31. The summed E-state index contributed by atoms with van der Waals surface area (Å²) in [6.07, 6.45) is 9.65. The van der Waals surface area contributed by atoms with Crippen LogP contribution < -0.4 is 0 Å². The topological polar surface area (TPSA) is 37.3 Å². The molecular formula is C17H34O2S. The summed E-state index contributed by atoms with van der Waals surface area (Å²) in [5, 5.41) is 9.63. The summed E-state index contributed by atoms with van der Waals surface area (Å²) in [5.74, 6) is 1.14. The Hall–Kier alpha value is -0.180. The van der Waals surface area contributed by atoms with Crippen molar-refractivity contribution >= 4 is 17.7 Å². The van der Waals surface area contributed by atoms with Crippen molar-refractivity contribution < 1.29 is 9.90 Å². The third kappa shape index (κ3) is 11.6. The smallest absolute Gasteiger partial charge is 0.306 e. The zero-order valence-electron chi connectivity index (χ0n) is 13.9. The molecule has 0 aromatic rings. The van der Waals surface area contributed by atoms with Crippen molar-refractivity contribution in [2.45, 2.75) is 84.3 Å². The third-order valence-corrected chi connectivity index (χ3v) is 5.23. The lowest BCUT2D eigenvalue weighted by Crippen LogP contribution is -2.13. The van der Waals surface area contributed by atoms with Gasteiger partial charge in [0.1, 0.15) is 0 Å². The van der Waals surface area contributed by atoms with Gasteiger partial charge < -0.3 is 5.11 Å². The van der Waals surface area contributed by atoms with Gasteiger partial charge in [-0.05, 0) is 43.8 Å². The van der Waals surface area contributed by atoms with Gasteiger partial charge in [-0.1, -0.05) is 47.0 Å². The monoisotopic (exact) mass is 302 g/mol. The van der Waals surface area contributed by atoms with Crippen molar-refractivity contribution in [3.63, 3.8) is 0 Å². The molecule has 0 rings (SSSR count). The van der Waals surface area contributed by atoms with Crippen LogP contribution in [-0.4, -0.2) is 22.1 Å². The van der Waals surface area contributed by atoms with E-state index < -0.39 is 5.97 Å². The minimum absolute atomic E-state index is 0.197. The summed E-state index contributed by atoms with van der Waals surface area (Å²) >= 11 is 2.07. The average Bonchev–Trinajstić information content (AvgIpc) is 2.39. The van der Waals surface area contributed by atoms with Crippen LogP contribution in [0.4, 0.5) is 0 Å². The predicted octanol–water partition coefficient (Wildman–Crippen LogP) is 5.61. The third-order valence-electron chi connectivity index (χ3n) is 3.76. The van der Waals surface area contributed by atoms with E-state index in [1.54, 1.807) is 0 Å². The summed E-state index contributed by atoms with van der Waals surface area (Å²) < 4.78 is 0. The van der Waals surface area contributed by atoms with Crippen LogP contribution in [0.25, 0.3) is 0 Å². The molecule has 0 fully saturated rings. The molecule has 0 saturated carbocycles. The largest absolute Gasteiger partial charge is 0.481 e. The fourth-order valence-electron chi connectivity index (χ4n) is 2.17. The second-order valence-corrected chi connectivity index (χ2v) is 7.75. The Morgan fingerprint density at radius 2 is 1.65 bits per heavy atom. The number of carboxylic acids is 1. The number of carboxylic acid groups (broad SMARTS) is 1. The van der Waals surface area contributed by atoms with Gasteiger partial charge in [0.15, 0.2) is 0 Å². The SMILES string of the molecule is CCCCCCSC(CCC(C)C)CCC(C)C(=O)O. The van der Waals surface area contributed by atoms with E-state index in [4.69, 9.17) is 5.11 Å². The Balaban J connectivity index is 3.96. The molecule has 120 valence electrons. The molecule has 1 N–H and O–H groups in total. The lowest BCUT2D eigenvalue weighted by molar-refractivity contribution is -0.141. The molecule has 0 radical (unpaired) electrons. The number of thioether (sulfide) groups is 1. The van der Waals surface area contributed by atoms with Crippen molar-refractivity contribution in [2.75, 3.05) is 5.75 Å². The second kappa shape index (κ2) is 12.6. The van der Waals surface area contributed by atoms with Gasteiger partial charge in [0.25, 0.3) is 0 Å². The molecule has 0 amide bonds. The van der Waals surface area contributed by atoms with Crippen LogP contribution in [0.1, 0.15) is 79.1 Å². The molecule has 0 aliphatic heterocycles. The summed E-state index contributed by atoms with van der Waals surface area (Å²) in [6, 6.07) is 0. The minimum atomic E-state index is -0.652. The van der Waals surface area contributed by atoms with Crippen LogP contribution in [0.2, 0.25) is 0 Å². The van der Waals surface area contributed by atoms with Crippen molar-refractivity contribution in [2.24, 2.45) is 11.8 Å². The first-order chi connectivity index (χ1) is 9.47. The first-order valence-corrected chi connectivity index (χ1v) is 9.36. The van der Waals surface area contributed by atoms with Crippen molar-refractivity contribution in [1.82, 2.24) is 0 Å². The van der Waals surface area contributed by atoms with E-state index in [0.717, 1.165) is 18.8 Å². The summed E-state index contributed by atoms with van der Waals surface area (Å²) in [6.45, 7) is 8.60. The van der Waals surface area contributed by atoms with Gasteiger partial charge in [-0.3, -0.25) is 4.79 Å². The van der Waals surface area contributed by atoms with Crippen LogP contribution in [-0.2, 0) is 4.79 Å². The molecule has 20 heavy (non-hydrogen) atoms. The van der Waals surface area contributed by atoms with E-state index in [0.29, 0.717) is 5.25 Å². The van der Waals surface area contributed by atoms with Crippen LogP contribution in [0, 0.1) is 11.8 Å². The maximum absolute atomic E-state index is 10.9. The molecule has 0 spiro atoms. The number of aliphatic carboxylic acids is 1. The highest BCUT2D eigenvalue weighted by atomic mass is 32.2. The molecule has 0 bridgehead atoms. The summed E-state index contributed by atoms with van der Waals surface area (Å²) in [4.78, 5) is 10.9. The Labute approximate surface area is 130 Å². The average molecular weight is 303 g/mol. The van der Waals surface area contributed by atoms with E-state index in [9.17, 15) is 4.79 Å².